The number of carboxylic acid groups (broad SMARTS) is 1. The summed E-state index contributed by atoms with van der Waals surface area (Å²) in [6, 6.07) is 1.52. The molecule has 3 rings (SSSR count). The van der Waals surface area contributed by atoms with Crippen molar-refractivity contribution in [2.75, 3.05) is 30.3 Å². The second kappa shape index (κ2) is 6.85. The zero-order chi connectivity index (χ0) is 18.1. The molecule has 2 aromatic rings. The summed E-state index contributed by atoms with van der Waals surface area (Å²) in [4.78, 5) is 30.2. The molecule has 1 saturated heterocycles. The molecule has 134 valence electrons. The maximum atomic E-state index is 11.5. The topological polar surface area (TPSA) is 135 Å². The molecule has 1 aliphatic heterocycles. The van der Waals surface area contributed by atoms with E-state index < -0.39 is 17.9 Å². The highest BCUT2D eigenvalue weighted by molar-refractivity contribution is 7.21. The number of nitrogens with zero attached hydrogens (tertiary/aromatic N) is 2. The van der Waals surface area contributed by atoms with E-state index in [4.69, 9.17) is 11.5 Å². The predicted molar refractivity (Wildman–Crippen MR) is 98.2 cm³/mol. The number of hydrogen-bond donors (Lipinski definition) is 4. The Hall–Kier alpha value is -2.39. The highest BCUT2D eigenvalue weighted by Gasteiger charge is 2.26. The number of aromatic carboxylic acids is 1. The molecule has 0 aromatic carbocycles. The summed E-state index contributed by atoms with van der Waals surface area (Å²) in [7, 11) is 0. The Morgan fingerprint density at radius 3 is 2.92 bits per heavy atom. The number of nitrogens with two attached hydrogens (primary N) is 2. The summed E-state index contributed by atoms with van der Waals surface area (Å²) < 4.78 is 0. The summed E-state index contributed by atoms with van der Waals surface area (Å²) in [6.45, 7) is 3.82. The van der Waals surface area contributed by atoms with E-state index in [0.717, 1.165) is 40.9 Å². The summed E-state index contributed by atoms with van der Waals surface area (Å²) in [5.41, 5.74) is 12.7. The van der Waals surface area contributed by atoms with Crippen LogP contribution in [0.15, 0.2) is 6.07 Å². The van der Waals surface area contributed by atoms with Gasteiger partial charge in [-0.25, -0.2) is 9.78 Å². The minimum Gasteiger partial charge on any atom is -0.477 e. The smallest absolute Gasteiger partial charge is 0.348 e. The van der Waals surface area contributed by atoms with Crippen molar-refractivity contribution in [1.82, 2.24) is 10.3 Å². The number of pyridine rings is 1. The van der Waals surface area contributed by atoms with Gasteiger partial charge in [0, 0.05) is 25.0 Å². The second-order valence-corrected chi connectivity index (χ2v) is 7.07. The molecule has 1 fully saturated rings. The third-order valence-electron chi connectivity index (χ3n) is 4.32. The molecule has 1 aliphatic rings. The lowest BCUT2D eigenvalue weighted by molar-refractivity contribution is -0.120. The van der Waals surface area contributed by atoms with E-state index in [2.05, 4.69) is 17.2 Å². The summed E-state index contributed by atoms with van der Waals surface area (Å²) >= 11 is 1.09. The maximum Gasteiger partial charge on any atom is 0.348 e. The molecular formula is C16H21N5O3S. The van der Waals surface area contributed by atoms with Gasteiger partial charge in [-0.05, 0) is 18.1 Å². The van der Waals surface area contributed by atoms with Crippen LogP contribution in [0.4, 0.5) is 11.5 Å². The molecule has 2 aromatic heterocycles. The number of aromatic nitrogens is 1. The Morgan fingerprint density at radius 1 is 1.52 bits per heavy atom. The molecule has 1 amide bonds. The van der Waals surface area contributed by atoms with Crippen molar-refractivity contribution in [2.24, 2.45) is 5.73 Å². The number of primary amides is 1. The lowest BCUT2D eigenvalue weighted by Crippen LogP contribution is -2.56. The van der Waals surface area contributed by atoms with E-state index in [9.17, 15) is 14.7 Å². The first kappa shape index (κ1) is 17.4. The van der Waals surface area contributed by atoms with E-state index in [0.29, 0.717) is 24.5 Å². The molecule has 0 spiro atoms. The van der Waals surface area contributed by atoms with E-state index in [1.54, 1.807) is 0 Å². The first-order chi connectivity index (χ1) is 11.9. The van der Waals surface area contributed by atoms with Gasteiger partial charge in [-0.15, -0.1) is 11.3 Å². The van der Waals surface area contributed by atoms with Crippen LogP contribution < -0.4 is 21.7 Å². The van der Waals surface area contributed by atoms with Crippen LogP contribution in [-0.2, 0) is 11.2 Å². The third kappa shape index (κ3) is 3.24. The van der Waals surface area contributed by atoms with Crippen LogP contribution in [0.3, 0.4) is 0 Å². The first-order valence-electron chi connectivity index (χ1n) is 8.15. The SMILES string of the molecule is CCCc1cc(N2CCNC(C(N)=O)C2)nc2sc(C(=O)O)c(N)c12. The van der Waals surface area contributed by atoms with Gasteiger partial charge >= 0.3 is 5.97 Å². The standard InChI is InChI=1S/C16H21N5O3S/c1-2-3-8-6-10(21-5-4-19-9(7-21)14(18)22)20-15-11(8)12(17)13(25-15)16(23)24/h6,9,19H,2-5,7,17H2,1H3,(H2,18,22)(H,23,24). The molecule has 0 radical (unpaired) electrons. The van der Waals surface area contributed by atoms with Gasteiger partial charge in [0.05, 0.1) is 5.69 Å². The molecule has 1 unspecified atom stereocenters. The average molecular weight is 363 g/mol. The van der Waals surface area contributed by atoms with E-state index >= 15 is 0 Å². The number of fused-ring (bicyclic) bond motifs is 1. The minimum atomic E-state index is -1.04. The fraction of sp³-hybridized carbons (Fsp3) is 0.438. The molecule has 0 saturated carbocycles. The van der Waals surface area contributed by atoms with Gasteiger partial charge in [0.1, 0.15) is 21.6 Å². The van der Waals surface area contributed by atoms with Crippen LogP contribution in [-0.4, -0.2) is 47.6 Å². The van der Waals surface area contributed by atoms with Gasteiger partial charge in [-0.3, -0.25) is 4.79 Å². The van der Waals surface area contributed by atoms with Gasteiger partial charge in [-0.1, -0.05) is 13.3 Å². The van der Waals surface area contributed by atoms with E-state index in [1.807, 2.05) is 11.0 Å². The number of nitrogen functional groups attached to an aromatic ring is 1. The maximum absolute atomic E-state index is 11.5. The summed E-state index contributed by atoms with van der Waals surface area (Å²) in [6.07, 6.45) is 1.68. The summed E-state index contributed by atoms with van der Waals surface area (Å²) in [5, 5.41) is 13.1. The largest absolute Gasteiger partial charge is 0.477 e. The van der Waals surface area contributed by atoms with Crippen molar-refractivity contribution in [3.63, 3.8) is 0 Å². The lowest BCUT2D eigenvalue weighted by Gasteiger charge is -2.33. The molecule has 25 heavy (non-hydrogen) atoms. The second-order valence-electron chi connectivity index (χ2n) is 6.07. The number of nitrogens with one attached hydrogen (secondary N) is 1. The number of thiophene rings is 1. The number of anilines is 2. The fourth-order valence-corrected chi connectivity index (χ4v) is 4.10. The molecule has 3 heterocycles. The third-order valence-corrected chi connectivity index (χ3v) is 5.41. The van der Waals surface area contributed by atoms with E-state index in [1.165, 1.54) is 0 Å². The number of aryl methyl sites for hydroxylation is 1. The molecule has 9 heteroatoms. The highest BCUT2D eigenvalue weighted by Crippen LogP contribution is 2.37. The van der Waals surface area contributed by atoms with Gasteiger partial charge in [0.15, 0.2) is 0 Å². The van der Waals surface area contributed by atoms with E-state index in [-0.39, 0.29) is 10.6 Å². The highest BCUT2D eigenvalue weighted by atomic mass is 32.1. The van der Waals surface area contributed by atoms with Crippen molar-refractivity contribution in [3.8, 4) is 0 Å². The molecular weight excluding hydrogens is 342 g/mol. The van der Waals surface area contributed by atoms with Crippen molar-refractivity contribution in [2.45, 2.75) is 25.8 Å². The zero-order valence-corrected chi connectivity index (χ0v) is 14.7. The molecule has 1 atom stereocenters. The quantitative estimate of drug-likeness (QED) is 0.617. The Labute approximate surface area is 148 Å². The van der Waals surface area contributed by atoms with Crippen molar-refractivity contribution in [3.05, 3.63) is 16.5 Å². The van der Waals surface area contributed by atoms with Crippen LogP contribution in [0.25, 0.3) is 10.2 Å². The van der Waals surface area contributed by atoms with Crippen LogP contribution in [0.5, 0.6) is 0 Å². The molecule has 6 N–H and O–H groups in total. The fourth-order valence-electron chi connectivity index (χ4n) is 3.12. The number of hydrogen-bond acceptors (Lipinski definition) is 7. The zero-order valence-electron chi connectivity index (χ0n) is 13.9. The van der Waals surface area contributed by atoms with Crippen LogP contribution in [0.1, 0.15) is 28.6 Å². The molecule has 8 nitrogen and oxygen atoms in total. The van der Waals surface area contributed by atoms with Gasteiger partial charge in [0.2, 0.25) is 5.91 Å². The normalized spacial score (nSPS) is 17.8. The number of carbonyl (C=O) groups excluding carboxylic acids is 1. The number of rotatable bonds is 5. The first-order valence-corrected chi connectivity index (χ1v) is 8.96. The Morgan fingerprint density at radius 2 is 2.28 bits per heavy atom. The van der Waals surface area contributed by atoms with Gasteiger partial charge in [0.25, 0.3) is 0 Å². The number of amides is 1. The number of carbonyl (C=O) groups is 2. The Kier molecular flexibility index (Phi) is 4.78. The Balaban J connectivity index is 2.07. The van der Waals surface area contributed by atoms with Crippen molar-refractivity contribution < 1.29 is 14.7 Å². The summed E-state index contributed by atoms with van der Waals surface area (Å²) in [5.74, 6) is -0.713. The molecule has 0 aliphatic carbocycles. The minimum absolute atomic E-state index is 0.118. The average Bonchev–Trinajstić information content (AvgIpc) is 2.92. The lowest BCUT2D eigenvalue weighted by atomic mass is 10.1. The van der Waals surface area contributed by atoms with Gasteiger partial charge in [-0.2, -0.15) is 0 Å². The van der Waals surface area contributed by atoms with Crippen LogP contribution in [0, 0.1) is 0 Å². The molecule has 0 bridgehead atoms. The predicted octanol–water partition coefficient (Wildman–Crippen LogP) is 0.793. The van der Waals surface area contributed by atoms with Crippen LogP contribution >= 0.6 is 11.3 Å². The van der Waals surface area contributed by atoms with Crippen molar-refractivity contribution in [1.29, 1.82) is 0 Å². The van der Waals surface area contributed by atoms with Crippen molar-refractivity contribution >= 4 is 44.9 Å². The monoisotopic (exact) mass is 363 g/mol. The Bertz CT molecular complexity index is 835. The van der Waals surface area contributed by atoms with Crippen LogP contribution in [0.2, 0.25) is 0 Å². The number of carboxylic acids is 1. The van der Waals surface area contributed by atoms with Gasteiger partial charge < -0.3 is 26.8 Å². The number of piperazine rings is 1.